The van der Waals surface area contributed by atoms with Crippen molar-refractivity contribution in [3.8, 4) is 0 Å². The van der Waals surface area contributed by atoms with Crippen molar-refractivity contribution in [1.82, 2.24) is 5.06 Å². The lowest BCUT2D eigenvalue weighted by Gasteiger charge is -2.37. The third-order valence-corrected chi connectivity index (χ3v) is 1.94. The first-order valence-corrected chi connectivity index (χ1v) is 7.69. The average molecular weight is 187 g/mol. The first kappa shape index (κ1) is 11.7. The summed E-state index contributed by atoms with van der Waals surface area (Å²) in [5, 5.41) is 1.85. The van der Waals surface area contributed by atoms with E-state index in [0.717, 1.165) is 0 Å². The maximum atomic E-state index is 5.81. The standard InChI is InChI=1S/C9H21NOSi/c1-8-10(9(2,3)4)11-12(5,6)7/h8H,1H2,2-7H3. The summed E-state index contributed by atoms with van der Waals surface area (Å²) in [6, 6.07) is 0. The zero-order chi connectivity index (χ0) is 9.99. The van der Waals surface area contributed by atoms with Crippen molar-refractivity contribution in [1.29, 1.82) is 0 Å². The molecule has 12 heavy (non-hydrogen) atoms. The van der Waals surface area contributed by atoms with Gasteiger partial charge in [-0.15, -0.1) is 0 Å². The monoisotopic (exact) mass is 187 g/mol. The van der Waals surface area contributed by atoms with Gasteiger partial charge in [0.15, 0.2) is 0 Å². The van der Waals surface area contributed by atoms with E-state index < -0.39 is 8.32 Å². The molecule has 0 unspecified atom stereocenters. The molecule has 0 saturated carbocycles. The summed E-state index contributed by atoms with van der Waals surface area (Å²) >= 11 is 0. The quantitative estimate of drug-likeness (QED) is 0.497. The normalized spacial score (nSPS) is 12.8. The van der Waals surface area contributed by atoms with Gasteiger partial charge in [-0.05, 0) is 40.4 Å². The molecule has 72 valence electrons. The van der Waals surface area contributed by atoms with Gasteiger partial charge < -0.3 is 4.53 Å². The van der Waals surface area contributed by atoms with Crippen LogP contribution in [0, 0.1) is 0 Å². The van der Waals surface area contributed by atoms with Crippen LogP contribution in [-0.2, 0) is 4.53 Å². The molecule has 0 bridgehead atoms. The lowest BCUT2D eigenvalue weighted by atomic mass is 10.1. The molecule has 0 aliphatic carbocycles. The van der Waals surface area contributed by atoms with Crippen molar-refractivity contribution in [2.24, 2.45) is 0 Å². The number of hydrogen-bond donors (Lipinski definition) is 0. The van der Waals surface area contributed by atoms with Gasteiger partial charge in [0.25, 0.3) is 0 Å². The van der Waals surface area contributed by atoms with Crippen molar-refractivity contribution in [2.45, 2.75) is 46.0 Å². The molecule has 0 N–H and O–H groups in total. The molecule has 0 aromatic rings. The Labute approximate surface area is 77.3 Å². The molecule has 0 aliphatic rings. The highest BCUT2D eigenvalue weighted by Crippen LogP contribution is 2.18. The second kappa shape index (κ2) is 3.62. The molecule has 0 atom stereocenters. The number of hydroxylamine groups is 2. The van der Waals surface area contributed by atoms with Crippen LogP contribution >= 0.6 is 0 Å². The summed E-state index contributed by atoms with van der Waals surface area (Å²) in [5.74, 6) is 0. The largest absolute Gasteiger partial charge is 0.320 e. The second-order valence-electron chi connectivity index (χ2n) is 4.88. The minimum absolute atomic E-state index is 0.00201. The van der Waals surface area contributed by atoms with Crippen LogP contribution < -0.4 is 0 Å². The molecule has 2 nitrogen and oxygen atoms in total. The van der Waals surface area contributed by atoms with Gasteiger partial charge in [-0.25, -0.2) is 0 Å². The first-order chi connectivity index (χ1) is 5.17. The van der Waals surface area contributed by atoms with Crippen molar-refractivity contribution in [3.05, 3.63) is 12.8 Å². The molecule has 0 spiro atoms. The van der Waals surface area contributed by atoms with Crippen LogP contribution in [0.3, 0.4) is 0 Å². The molecular formula is C9H21NOSi. The van der Waals surface area contributed by atoms with Crippen LogP contribution in [0.5, 0.6) is 0 Å². The van der Waals surface area contributed by atoms with E-state index >= 15 is 0 Å². The third kappa shape index (κ3) is 4.57. The Morgan fingerprint density at radius 1 is 1.25 bits per heavy atom. The van der Waals surface area contributed by atoms with Gasteiger partial charge in [-0.3, -0.25) is 5.06 Å². The SMILES string of the molecule is C=CN(O[Si](C)(C)C)C(C)(C)C. The molecule has 0 aromatic heterocycles. The van der Waals surface area contributed by atoms with Crippen molar-refractivity contribution >= 4 is 8.32 Å². The smallest absolute Gasteiger partial charge is 0.220 e. The van der Waals surface area contributed by atoms with E-state index in [-0.39, 0.29) is 5.54 Å². The van der Waals surface area contributed by atoms with E-state index in [0.29, 0.717) is 0 Å². The molecule has 0 heterocycles. The molecule has 0 aromatic carbocycles. The first-order valence-electron chi connectivity index (χ1n) is 4.28. The third-order valence-electron chi connectivity index (χ3n) is 1.20. The zero-order valence-electron chi connectivity index (χ0n) is 9.14. The summed E-state index contributed by atoms with van der Waals surface area (Å²) < 4.78 is 5.81. The van der Waals surface area contributed by atoms with Gasteiger partial charge in [-0.1, -0.05) is 6.58 Å². The second-order valence-corrected chi connectivity index (χ2v) is 9.29. The fraction of sp³-hybridized carbons (Fsp3) is 0.778. The van der Waals surface area contributed by atoms with Crippen molar-refractivity contribution in [2.75, 3.05) is 0 Å². The summed E-state index contributed by atoms with van der Waals surface area (Å²) in [7, 11) is -1.50. The fourth-order valence-corrected chi connectivity index (χ4v) is 1.68. The lowest BCUT2D eigenvalue weighted by Crippen LogP contribution is -2.44. The Balaban J connectivity index is 4.30. The Bertz CT molecular complexity index is 155. The van der Waals surface area contributed by atoms with Crippen LogP contribution in [0.4, 0.5) is 0 Å². The van der Waals surface area contributed by atoms with Gasteiger partial charge in [0.05, 0.1) is 5.54 Å². The van der Waals surface area contributed by atoms with Gasteiger partial charge in [-0.2, -0.15) is 0 Å². The predicted octanol–water partition coefficient (Wildman–Crippen LogP) is 3.00. The van der Waals surface area contributed by atoms with E-state index in [1.165, 1.54) is 0 Å². The number of rotatable bonds is 3. The Morgan fingerprint density at radius 3 is 1.75 bits per heavy atom. The highest BCUT2D eigenvalue weighted by molar-refractivity contribution is 6.69. The Morgan fingerprint density at radius 2 is 1.67 bits per heavy atom. The van der Waals surface area contributed by atoms with Crippen molar-refractivity contribution < 1.29 is 4.53 Å². The van der Waals surface area contributed by atoms with E-state index in [4.69, 9.17) is 4.53 Å². The zero-order valence-corrected chi connectivity index (χ0v) is 10.1. The number of nitrogens with zero attached hydrogens (tertiary/aromatic N) is 1. The van der Waals surface area contributed by atoms with E-state index in [1.807, 2.05) is 5.06 Å². The molecule has 0 fully saturated rings. The summed E-state index contributed by atoms with van der Waals surface area (Å²) in [4.78, 5) is 0. The minimum atomic E-state index is -1.50. The topological polar surface area (TPSA) is 12.5 Å². The summed E-state index contributed by atoms with van der Waals surface area (Å²) in [5.41, 5.74) is 0.00201. The van der Waals surface area contributed by atoms with Gasteiger partial charge >= 0.3 is 0 Å². The van der Waals surface area contributed by atoms with Crippen molar-refractivity contribution in [3.63, 3.8) is 0 Å². The summed E-state index contributed by atoms with van der Waals surface area (Å²) in [6.45, 7) is 16.5. The molecule has 0 radical (unpaired) electrons. The average Bonchev–Trinajstić information content (AvgIpc) is 1.78. The molecule has 0 saturated heterocycles. The van der Waals surface area contributed by atoms with E-state index in [9.17, 15) is 0 Å². The summed E-state index contributed by atoms with van der Waals surface area (Å²) in [6.07, 6.45) is 1.75. The van der Waals surface area contributed by atoms with Gasteiger partial charge in [0, 0.05) is 6.20 Å². The maximum Gasteiger partial charge on any atom is 0.220 e. The van der Waals surface area contributed by atoms with Crippen LogP contribution in [0.1, 0.15) is 20.8 Å². The predicted molar refractivity (Wildman–Crippen MR) is 56.2 cm³/mol. The Hall–Kier alpha value is -0.283. The number of hydrogen-bond acceptors (Lipinski definition) is 2. The van der Waals surface area contributed by atoms with E-state index in [1.54, 1.807) is 6.20 Å². The molecule has 0 rings (SSSR count). The van der Waals surface area contributed by atoms with Crippen LogP contribution in [0.25, 0.3) is 0 Å². The van der Waals surface area contributed by atoms with Crippen LogP contribution in [0.15, 0.2) is 12.8 Å². The van der Waals surface area contributed by atoms with Crippen LogP contribution in [-0.4, -0.2) is 18.9 Å². The molecule has 0 aliphatic heterocycles. The lowest BCUT2D eigenvalue weighted by molar-refractivity contribution is -0.0879. The van der Waals surface area contributed by atoms with Gasteiger partial charge in [0.1, 0.15) is 0 Å². The molecular weight excluding hydrogens is 166 g/mol. The molecule has 0 amide bonds. The van der Waals surface area contributed by atoms with E-state index in [2.05, 4.69) is 47.0 Å². The highest BCUT2D eigenvalue weighted by Gasteiger charge is 2.25. The Kier molecular flexibility index (Phi) is 3.54. The molecule has 3 heteroatoms. The van der Waals surface area contributed by atoms with Gasteiger partial charge in [0.2, 0.25) is 8.32 Å². The fourth-order valence-electron chi connectivity index (χ4n) is 0.743. The minimum Gasteiger partial charge on any atom is -0.320 e. The maximum absolute atomic E-state index is 5.81. The highest BCUT2D eigenvalue weighted by atomic mass is 28.4. The van der Waals surface area contributed by atoms with Crippen LogP contribution in [0.2, 0.25) is 19.6 Å².